The van der Waals surface area contributed by atoms with E-state index in [9.17, 15) is 4.79 Å². The molecule has 0 aliphatic heterocycles. The minimum atomic E-state index is -0.236. The van der Waals surface area contributed by atoms with Crippen LogP contribution in [0.4, 0.5) is 5.69 Å². The zero-order chi connectivity index (χ0) is 12.3. The summed E-state index contributed by atoms with van der Waals surface area (Å²) in [6, 6.07) is 10.3. The highest BCUT2D eigenvalue weighted by atomic mass is 16.5. The van der Waals surface area contributed by atoms with Crippen LogP contribution in [0.15, 0.2) is 42.6 Å². The molecular weight excluding hydrogens is 216 g/mol. The Morgan fingerprint density at radius 3 is 2.71 bits per heavy atom. The molecule has 2 aromatic rings. The van der Waals surface area contributed by atoms with Crippen LogP contribution in [0.5, 0.6) is 5.75 Å². The number of aromatic nitrogens is 1. The normalized spacial score (nSPS) is 9.94. The number of benzene rings is 1. The Morgan fingerprint density at radius 2 is 2.00 bits per heavy atom. The molecule has 0 fully saturated rings. The summed E-state index contributed by atoms with van der Waals surface area (Å²) in [5.41, 5.74) is 6.80. The lowest BCUT2D eigenvalue weighted by atomic mass is 10.1. The van der Waals surface area contributed by atoms with Gasteiger partial charge in [0.25, 0.3) is 0 Å². The van der Waals surface area contributed by atoms with Gasteiger partial charge in [-0.1, -0.05) is 12.1 Å². The molecule has 0 saturated carbocycles. The van der Waals surface area contributed by atoms with Crippen molar-refractivity contribution in [2.45, 2.75) is 0 Å². The lowest BCUT2D eigenvalue weighted by Gasteiger charge is -2.07. The highest BCUT2D eigenvalue weighted by Gasteiger charge is 2.17. The van der Waals surface area contributed by atoms with Crippen LogP contribution >= 0.6 is 0 Å². The van der Waals surface area contributed by atoms with E-state index in [2.05, 4.69) is 4.98 Å². The maximum atomic E-state index is 12.2. The molecule has 4 nitrogen and oxygen atoms in total. The number of hydrogen-bond donors (Lipinski definition) is 1. The molecule has 0 spiro atoms. The molecule has 0 aliphatic carbocycles. The van der Waals surface area contributed by atoms with Gasteiger partial charge in [-0.15, -0.1) is 0 Å². The topological polar surface area (TPSA) is 65.2 Å². The number of nitrogen functional groups attached to an aromatic ring is 1. The van der Waals surface area contributed by atoms with E-state index in [0.717, 1.165) is 0 Å². The molecule has 0 unspecified atom stereocenters. The number of carbonyl (C=O) groups excluding carboxylic acids is 1. The lowest BCUT2D eigenvalue weighted by Crippen LogP contribution is -2.09. The fraction of sp³-hybridized carbons (Fsp3) is 0.0769. The Bertz CT molecular complexity index is 553. The largest absolute Gasteiger partial charge is 0.496 e. The average molecular weight is 228 g/mol. The first-order chi connectivity index (χ1) is 8.24. The second kappa shape index (κ2) is 4.65. The Hall–Kier alpha value is -2.36. The summed E-state index contributed by atoms with van der Waals surface area (Å²) in [7, 11) is 1.52. The van der Waals surface area contributed by atoms with E-state index in [1.807, 2.05) is 0 Å². The fourth-order valence-corrected chi connectivity index (χ4v) is 1.57. The molecule has 1 aromatic carbocycles. The quantitative estimate of drug-likeness (QED) is 0.815. The van der Waals surface area contributed by atoms with Crippen molar-refractivity contribution in [2.75, 3.05) is 12.8 Å². The van der Waals surface area contributed by atoms with Gasteiger partial charge in [-0.25, -0.2) is 0 Å². The molecule has 1 aromatic heterocycles. The van der Waals surface area contributed by atoms with E-state index >= 15 is 0 Å². The van der Waals surface area contributed by atoms with Crippen molar-refractivity contribution >= 4 is 11.5 Å². The van der Waals surface area contributed by atoms with Crippen molar-refractivity contribution in [3.8, 4) is 5.75 Å². The molecule has 2 rings (SSSR count). The van der Waals surface area contributed by atoms with Crippen LogP contribution in [0.3, 0.4) is 0 Å². The predicted molar refractivity (Wildman–Crippen MR) is 65.1 cm³/mol. The molecule has 17 heavy (non-hydrogen) atoms. The summed E-state index contributed by atoms with van der Waals surface area (Å²) >= 11 is 0. The summed E-state index contributed by atoms with van der Waals surface area (Å²) in [6.45, 7) is 0. The van der Waals surface area contributed by atoms with Crippen LogP contribution in [0, 0.1) is 0 Å². The molecule has 86 valence electrons. The Balaban J connectivity index is 2.48. The van der Waals surface area contributed by atoms with Crippen LogP contribution in [-0.2, 0) is 0 Å². The van der Waals surface area contributed by atoms with Gasteiger partial charge < -0.3 is 10.5 Å². The van der Waals surface area contributed by atoms with E-state index < -0.39 is 0 Å². The van der Waals surface area contributed by atoms with Crippen molar-refractivity contribution < 1.29 is 9.53 Å². The van der Waals surface area contributed by atoms with E-state index in [1.54, 1.807) is 42.6 Å². The number of rotatable bonds is 3. The zero-order valence-corrected chi connectivity index (χ0v) is 9.38. The predicted octanol–water partition coefficient (Wildman–Crippen LogP) is 1.90. The van der Waals surface area contributed by atoms with Crippen LogP contribution in [0.25, 0.3) is 0 Å². The summed E-state index contributed by atoms with van der Waals surface area (Å²) < 4.78 is 5.14. The number of ether oxygens (including phenoxy) is 1. The van der Waals surface area contributed by atoms with Gasteiger partial charge in [0.15, 0.2) is 0 Å². The molecule has 0 amide bonds. The average Bonchev–Trinajstić information content (AvgIpc) is 2.38. The minimum absolute atomic E-state index is 0.236. The first kappa shape index (κ1) is 11.1. The third-order valence-corrected chi connectivity index (χ3v) is 2.41. The number of nitrogens with two attached hydrogens (primary N) is 1. The standard InChI is InChI=1S/C13H12N2O2/c1-17-11-7-3-2-5-9(11)13(16)12-10(14)6-4-8-15-12/h2-8H,14H2,1H3. The Morgan fingerprint density at radius 1 is 1.24 bits per heavy atom. The molecule has 1 heterocycles. The van der Waals surface area contributed by atoms with Crippen LogP contribution in [0.2, 0.25) is 0 Å². The van der Waals surface area contributed by atoms with E-state index in [4.69, 9.17) is 10.5 Å². The molecule has 0 aliphatic rings. The molecule has 0 saturated heterocycles. The highest BCUT2D eigenvalue weighted by molar-refractivity contribution is 6.12. The monoisotopic (exact) mass is 228 g/mol. The Kier molecular flexibility index (Phi) is 3.05. The first-order valence-electron chi connectivity index (χ1n) is 5.12. The maximum Gasteiger partial charge on any atom is 0.217 e. The number of anilines is 1. The van der Waals surface area contributed by atoms with Gasteiger partial charge in [-0.05, 0) is 24.3 Å². The number of pyridine rings is 1. The molecule has 0 atom stereocenters. The van der Waals surface area contributed by atoms with Gasteiger partial charge >= 0.3 is 0 Å². The first-order valence-corrected chi connectivity index (χ1v) is 5.12. The lowest BCUT2D eigenvalue weighted by molar-refractivity contribution is 0.103. The number of para-hydroxylation sites is 1. The maximum absolute atomic E-state index is 12.2. The van der Waals surface area contributed by atoms with Gasteiger partial charge in [0.2, 0.25) is 5.78 Å². The summed E-state index contributed by atoms with van der Waals surface area (Å²) in [4.78, 5) is 16.2. The van der Waals surface area contributed by atoms with Crippen LogP contribution in [0.1, 0.15) is 16.1 Å². The van der Waals surface area contributed by atoms with Crippen molar-refractivity contribution in [1.82, 2.24) is 4.98 Å². The van der Waals surface area contributed by atoms with Crippen LogP contribution in [-0.4, -0.2) is 17.9 Å². The molecule has 0 radical (unpaired) electrons. The smallest absolute Gasteiger partial charge is 0.217 e. The number of ketones is 1. The van der Waals surface area contributed by atoms with Gasteiger partial charge in [0.05, 0.1) is 18.4 Å². The molecule has 0 bridgehead atoms. The number of carbonyl (C=O) groups is 1. The van der Waals surface area contributed by atoms with Crippen LogP contribution < -0.4 is 10.5 Å². The van der Waals surface area contributed by atoms with Crippen molar-refractivity contribution in [1.29, 1.82) is 0 Å². The summed E-state index contributed by atoms with van der Waals surface area (Å²) in [5.74, 6) is 0.281. The Labute approximate surface area is 99.1 Å². The third kappa shape index (κ3) is 2.10. The van der Waals surface area contributed by atoms with Gasteiger partial charge in [0.1, 0.15) is 11.4 Å². The van der Waals surface area contributed by atoms with Crippen molar-refractivity contribution in [3.63, 3.8) is 0 Å². The zero-order valence-electron chi connectivity index (χ0n) is 9.38. The second-order valence-corrected chi connectivity index (χ2v) is 3.47. The second-order valence-electron chi connectivity index (χ2n) is 3.47. The number of methoxy groups -OCH3 is 1. The minimum Gasteiger partial charge on any atom is -0.496 e. The van der Waals surface area contributed by atoms with E-state index in [-0.39, 0.29) is 11.5 Å². The van der Waals surface area contributed by atoms with E-state index in [0.29, 0.717) is 17.0 Å². The van der Waals surface area contributed by atoms with Crippen molar-refractivity contribution in [2.24, 2.45) is 0 Å². The molecule has 4 heteroatoms. The van der Waals surface area contributed by atoms with Crippen molar-refractivity contribution in [3.05, 3.63) is 53.9 Å². The molecule has 2 N–H and O–H groups in total. The highest BCUT2D eigenvalue weighted by Crippen LogP contribution is 2.22. The van der Waals surface area contributed by atoms with E-state index in [1.165, 1.54) is 7.11 Å². The third-order valence-electron chi connectivity index (χ3n) is 2.41. The van der Waals surface area contributed by atoms with Gasteiger partial charge in [-0.2, -0.15) is 0 Å². The van der Waals surface area contributed by atoms with Gasteiger partial charge in [-0.3, -0.25) is 9.78 Å². The molecular formula is C13H12N2O2. The SMILES string of the molecule is COc1ccccc1C(=O)c1ncccc1N. The summed E-state index contributed by atoms with van der Waals surface area (Å²) in [5, 5.41) is 0. The van der Waals surface area contributed by atoms with Gasteiger partial charge in [0, 0.05) is 6.20 Å². The summed E-state index contributed by atoms with van der Waals surface area (Å²) in [6.07, 6.45) is 1.54. The number of hydrogen-bond acceptors (Lipinski definition) is 4. The fourth-order valence-electron chi connectivity index (χ4n) is 1.57. The number of nitrogens with zero attached hydrogens (tertiary/aromatic N) is 1.